The van der Waals surface area contributed by atoms with Crippen LogP contribution in [-0.2, 0) is 6.61 Å². The van der Waals surface area contributed by atoms with Gasteiger partial charge in [-0.05, 0) is 86.7 Å². The lowest BCUT2D eigenvalue weighted by Gasteiger charge is -2.15. The first-order chi connectivity index (χ1) is 22.1. The zero-order valence-corrected chi connectivity index (χ0v) is 26.1. The number of methoxy groups -OCH3 is 1. The van der Waals surface area contributed by atoms with E-state index in [9.17, 15) is 4.79 Å². The fourth-order valence-corrected chi connectivity index (χ4v) is 5.63. The summed E-state index contributed by atoms with van der Waals surface area (Å²) < 4.78 is 14.5. The molecule has 1 aromatic heterocycles. The maximum Gasteiger partial charge on any atom is 0.271 e. The molecule has 5 aromatic carbocycles. The summed E-state index contributed by atoms with van der Waals surface area (Å²) in [6.45, 7) is 0.406. The number of ether oxygens (including phenoxy) is 2. The van der Waals surface area contributed by atoms with Crippen LogP contribution in [0, 0.1) is 0 Å². The van der Waals surface area contributed by atoms with Gasteiger partial charge < -0.3 is 14.0 Å². The lowest BCUT2D eigenvalue weighted by Crippen LogP contribution is -2.17. The average Bonchev–Trinajstić information content (AvgIpc) is 3.54. The molecule has 0 aliphatic rings. The third-order valence-corrected chi connectivity index (χ3v) is 7.85. The van der Waals surface area contributed by atoms with Crippen LogP contribution in [0.1, 0.15) is 21.5 Å². The Bertz CT molecular complexity index is 1860. The van der Waals surface area contributed by atoms with Crippen LogP contribution in [0.15, 0.2) is 149 Å². The zero-order valence-electron chi connectivity index (χ0n) is 24.6. The molecule has 6 rings (SSSR count). The number of aromatic nitrogens is 1. The van der Waals surface area contributed by atoms with Gasteiger partial charge in [0.15, 0.2) is 11.5 Å². The second-order valence-electron chi connectivity index (χ2n) is 10.2. The van der Waals surface area contributed by atoms with E-state index in [2.05, 4.69) is 67.4 Å². The van der Waals surface area contributed by atoms with Crippen molar-refractivity contribution in [2.24, 2.45) is 5.10 Å². The first-order valence-electron chi connectivity index (χ1n) is 14.4. The number of hydrazone groups is 1. The van der Waals surface area contributed by atoms with Crippen LogP contribution in [0.2, 0.25) is 0 Å². The molecule has 0 saturated carbocycles. The summed E-state index contributed by atoms with van der Waals surface area (Å²) in [6.07, 6.45) is 1.57. The summed E-state index contributed by atoms with van der Waals surface area (Å²) in [5, 5.41) is 4.19. The Kier molecular flexibility index (Phi) is 9.18. The van der Waals surface area contributed by atoms with E-state index in [-0.39, 0.29) is 5.91 Å². The topological polar surface area (TPSA) is 64.8 Å². The SMILES string of the molecule is COc1cc(/C=N\NC(=O)c2ccc(-n3c(-c4ccccc4)ccc3-c3ccccc3)cc2)cc(Br)c1OCc1ccccc1. The predicted octanol–water partition coefficient (Wildman–Crippen LogP) is 8.93. The highest BCUT2D eigenvalue weighted by atomic mass is 79.9. The maximum absolute atomic E-state index is 13.0. The molecule has 0 spiro atoms. The lowest BCUT2D eigenvalue weighted by molar-refractivity contribution is 0.0955. The fraction of sp³-hybridized carbons (Fsp3) is 0.0526. The van der Waals surface area contributed by atoms with Crippen molar-refractivity contribution in [2.75, 3.05) is 7.11 Å². The van der Waals surface area contributed by atoms with Crippen molar-refractivity contribution >= 4 is 28.1 Å². The molecule has 6 aromatic rings. The van der Waals surface area contributed by atoms with Gasteiger partial charge in [-0.1, -0.05) is 91.0 Å². The quantitative estimate of drug-likeness (QED) is 0.118. The van der Waals surface area contributed by atoms with Gasteiger partial charge >= 0.3 is 0 Å². The van der Waals surface area contributed by atoms with Crippen LogP contribution in [0.5, 0.6) is 11.5 Å². The smallest absolute Gasteiger partial charge is 0.271 e. The highest BCUT2D eigenvalue weighted by Gasteiger charge is 2.15. The van der Waals surface area contributed by atoms with Gasteiger partial charge in [-0.3, -0.25) is 4.79 Å². The number of rotatable bonds is 10. The number of halogens is 1. The van der Waals surface area contributed by atoms with Crippen LogP contribution >= 0.6 is 15.9 Å². The second-order valence-corrected chi connectivity index (χ2v) is 11.1. The molecule has 0 aliphatic carbocycles. The Morgan fingerprint density at radius 2 is 1.36 bits per heavy atom. The molecule has 1 amide bonds. The highest BCUT2D eigenvalue weighted by molar-refractivity contribution is 9.10. The van der Waals surface area contributed by atoms with Crippen molar-refractivity contribution in [3.63, 3.8) is 0 Å². The standard InChI is InChI=1S/C38H30BrN3O3/c1-44-36-24-28(23-33(39)37(36)45-26-27-11-5-2-6-12-27)25-40-41-38(43)31-17-19-32(20-18-31)42-34(29-13-7-3-8-14-29)21-22-35(42)30-15-9-4-10-16-30/h2-25H,26H2,1H3,(H,41,43)/b40-25-. The van der Waals surface area contributed by atoms with Gasteiger partial charge in [0.1, 0.15) is 6.61 Å². The monoisotopic (exact) mass is 655 g/mol. The van der Waals surface area contributed by atoms with Gasteiger partial charge in [0.05, 0.1) is 29.2 Å². The van der Waals surface area contributed by atoms with E-state index in [1.807, 2.05) is 97.1 Å². The number of hydrogen-bond acceptors (Lipinski definition) is 4. The predicted molar refractivity (Wildman–Crippen MR) is 183 cm³/mol. The van der Waals surface area contributed by atoms with Crippen LogP contribution < -0.4 is 14.9 Å². The van der Waals surface area contributed by atoms with E-state index >= 15 is 0 Å². The van der Waals surface area contributed by atoms with E-state index in [1.165, 1.54) is 0 Å². The van der Waals surface area contributed by atoms with E-state index in [0.717, 1.165) is 43.8 Å². The first kappa shape index (κ1) is 29.7. The Balaban J connectivity index is 1.18. The van der Waals surface area contributed by atoms with Crippen LogP contribution in [-0.4, -0.2) is 23.8 Å². The van der Waals surface area contributed by atoms with Gasteiger partial charge in [-0.25, -0.2) is 5.43 Å². The van der Waals surface area contributed by atoms with E-state index in [0.29, 0.717) is 23.7 Å². The molecular formula is C38H30BrN3O3. The van der Waals surface area contributed by atoms with Crippen molar-refractivity contribution in [3.8, 4) is 39.7 Å². The Morgan fingerprint density at radius 3 is 1.93 bits per heavy atom. The molecule has 0 unspecified atom stereocenters. The molecular weight excluding hydrogens is 626 g/mol. The number of nitrogens with zero attached hydrogens (tertiary/aromatic N) is 2. The third kappa shape index (κ3) is 6.89. The third-order valence-electron chi connectivity index (χ3n) is 7.27. The summed E-state index contributed by atoms with van der Waals surface area (Å²) in [5.41, 5.74) is 10.2. The molecule has 6 nitrogen and oxygen atoms in total. The minimum absolute atomic E-state index is 0.314. The number of nitrogens with one attached hydrogen (secondary N) is 1. The molecule has 0 radical (unpaired) electrons. The van der Waals surface area contributed by atoms with Crippen LogP contribution in [0.4, 0.5) is 0 Å². The van der Waals surface area contributed by atoms with Gasteiger partial charge in [0, 0.05) is 11.3 Å². The number of hydrogen-bond donors (Lipinski definition) is 1. The van der Waals surface area contributed by atoms with Gasteiger partial charge in [-0.15, -0.1) is 0 Å². The molecule has 0 atom stereocenters. The number of carbonyl (C=O) groups is 1. The number of benzene rings is 5. The minimum Gasteiger partial charge on any atom is -0.493 e. The summed E-state index contributed by atoms with van der Waals surface area (Å²) in [5.74, 6) is 0.834. The maximum atomic E-state index is 13.0. The highest BCUT2D eigenvalue weighted by Crippen LogP contribution is 2.37. The molecule has 1 heterocycles. The number of carbonyl (C=O) groups excluding carboxylic acids is 1. The van der Waals surface area contributed by atoms with Crippen molar-refractivity contribution in [1.82, 2.24) is 9.99 Å². The molecule has 0 saturated heterocycles. The van der Waals surface area contributed by atoms with E-state index < -0.39 is 0 Å². The molecule has 0 aliphatic heterocycles. The normalized spacial score (nSPS) is 11.0. The van der Waals surface area contributed by atoms with E-state index in [1.54, 1.807) is 19.4 Å². The fourth-order valence-electron chi connectivity index (χ4n) is 5.06. The minimum atomic E-state index is -0.314. The zero-order chi connectivity index (χ0) is 31.0. The van der Waals surface area contributed by atoms with Gasteiger partial charge in [0.2, 0.25) is 0 Å². The van der Waals surface area contributed by atoms with Crippen LogP contribution in [0.25, 0.3) is 28.2 Å². The van der Waals surface area contributed by atoms with E-state index in [4.69, 9.17) is 9.47 Å². The first-order valence-corrected chi connectivity index (χ1v) is 15.2. The molecule has 1 N–H and O–H groups in total. The molecule has 0 bridgehead atoms. The van der Waals surface area contributed by atoms with Gasteiger partial charge in [-0.2, -0.15) is 5.10 Å². The summed E-state index contributed by atoms with van der Waals surface area (Å²) >= 11 is 3.58. The Labute approximate surface area is 270 Å². The summed E-state index contributed by atoms with van der Waals surface area (Å²) in [6, 6.07) is 45.9. The van der Waals surface area contributed by atoms with Crippen molar-refractivity contribution in [1.29, 1.82) is 0 Å². The lowest BCUT2D eigenvalue weighted by atomic mass is 10.1. The average molecular weight is 657 g/mol. The summed E-state index contributed by atoms with van der Waals surface area (Å²) in [4.78, 5) is 13.0. The molecule has 222 valence electrons. The Hall–Kier alpha value is -5.40. The van der Waals surface area contributed by atoms with Crippen molar-refractivity contribution in [2.45, 2.75) is 6.61 Å². The molecule has 0 fully saturated rings. The molecule has 7 heteroatoms. The number of amides is 1. The van der Waals surface area contributed by atoms with Crippen molar-refractivity contribution in [3.05, 3.63) is 161 Å². The van der Waals surface area contributed by atoms with Crippen LogP contribution in [0.3, 0.4) is 0 Å². The second kappa shape index (κ2) is 13.9. The van der Waals surface area contributed by atoms with Gasteiger partial charge in [0.25, 0.3) is 5.91 Å². The molecule has 45 heavy (non-hydrogen) atoms. The van der Waals surface area contributed by atoms with Crippen molar-refractivity contribution < 1.29 is 14.3 Å². The summed E-state index contributed by atoms with van der Waals surface area (Å²) in [7, 11) is 1.59. The Morgan fingerprint density at radius 1 is 0.778 bits per heavy atom. The largest absolute Gasteiger partial charge is 0.493 e.